The van der Waals surface area contributed by atoms with Crippen molar-refractivity contribution in [3.05, 3.63) is 34.9 Å². The van der Waals surface area contributed by atoms with Crippen LogP contribution in [0.5, 0.6) is 0 Å². The fraction of sp³-hybridized carbons (Fsp3) is 0.914. The summed E-state index contributed by atoms with van der Waals surface area (Å²) in [6.45, 7) is 27.7. The number of allylic oxidation sites excluding steroid dienone is 4. The first kappa shape index (κ1) is 72.1. The van der Waals surface area contributed by atoms with Gasteiger partial charge in [0.15, 0.2) is 0 Å². The highest BCUT2D eigenvalue weighted by Gasteiger charge is 2.66. The first-order valence-electron chi connectivity index (χ1n) is 38.4. The molecule has 0 aliphatic heterocycles. The Morgan fingerprint density at radius 2 is 0.692 bits per heavy atom. The van der Waals surface area contributed by atoms with Crippen LogP contribution >= 0.6 is 0 Å². The lowest BCUT2D eigenvalue weighted by Crippen LogP contribution is -2.58. The zero-order valence-electron chi connectivity index (χ0n) is 59.6. The average molecular weight is 1270 g/mol. The Morgan fingerprint density at radius 1 is 0.407 bits per heavy atom. The van der Waals surface area contributed by atoms with Gasteiger partial charge < -0.3 is 40.9 Å². The molecule has 91 heavy (non-hydrogen) atoms. The molecule has 10 heteroatoms. The number of carboxylic acids is 1. The number of halogens is 1. The Morgan fingerprint density at radius 3 is 0.989 bits per heavy atom. The van der Waals surface area contributed by atoms with Crippen LogP contribution in [0, 0.1) is 139 Å². The van der Waals surface area contributed by atoms with Crippen LogP contribution in [0.15, 0.2) is 34.9 Å². The molecule has 9 nitrogen and oxygen atoms in total. The molecule has 0 radical (unpaired) electrons. The Balaban J connectivity index is 0.000000150. The molecule has 0 amide bonds. The molecule has 0 aromatic carbocycles. The molecule has 0 saturated heterocycles. The van der Waals surface area contributed by atoms with Crippen LogP contribution in [-0.4, -0.2) is 96.7 Å². The van der Waals surface area contributed by atoms with Crippen molar-refractivity contribution >= 4 is 5.97 Å². The maximum absolute atomic E-state index is 12.8. The number of hydrogen-bond donors (Lipinski definition) is 8. The summed E-state index contributed by atoms with van der Waals surface area (Å²) in [6, 6.07) is 0. The van der Waals surface area contributed by atoms with Crippen molar-refractivity contribution in [1.82, 2.24) is 0 Å². The molecule has 12 saturated carbocycles. The summed E-state index contributed by atoms with van der Waals surface area (Å²) in [4.78, 5) is 11.1. The zero-order valence-corrected chi connectivity index (χ0v) is 59.6. The van der Waals surface area contributed by atoms with Gasteiger partial charge in [-0.25, -0.2) is 9.18 Å². The Bertz CT molecular complexity index is 2440. The van der Waals surface area contributed by atoms with Crippen LogP contribution in [-0.2, 0) is 4.79 Å². The van der Waals surface area contributed by atoms with E-state index < -0.39 is 5.97 Å². The predicted molar refractivity (Wildman–Crippen MR) is 365 cm³/mol. The van der Waals surface area contributed by atoms with E-state index in [0.29, 0.717) is 75.1 Å². The highest BCUT2D eigenvalue weighted by Crippen LogP contribution is 2.72. The summed E-state index contributed by atoms with van der Waals surface area (Å²) in [6.07, 6.45) is 38.2. The second-order valence-electron chi connectivity index (χ2n) is 36.6. The first-order chi connectivity index (χ1) is 43.0. The predicted octanol–water partition coefficient (Wildman–Crippen LogP) is 17.1. The minimum Gasteiger partial charge on any atom is -0.478 e. The van der Waals surface area contributed by atoms with E-state index in [4.69, 9.17) is 5.11 Å². The molecule has 0 spiro atoms. The fourth-order valence-electron chi connectivity index (χ4n) is 27.3. The number of aliphatic hydroxyl groups excluding tert-OH is 7. The maximum atomic E-state index is 12.8. The standard InChI is InChI=1S/C27H45FO2.C27H44O4.C27H46O3/c1-17(16-28)6-5-7-18(2)21-8-9-22-20-15-25(30)24-14-19(29)10-12-27(24,4)23(20)11-13-26(21,22)3;1-16(6-5-7-17(2)25(30)31)20-8-9-21-19-15-24(29)23-14-18(28)10-12-27(23,4)22(19)11-13-26(20,21)3;1-17(16-28)6-5-7-18(2)21-8-9-22-20-15-25(30)24-14-19(29)10-12-27(24,4)23(20)11-13-26(21,22)3/h6,18-25,29-30H,5,7-16H2,1-4H3;7,16,18-24,28-29H,5-6,8-15H2,1-4H3,(H,30,31);6,18-25,28-30H,5,7-16H2,1-4H3/b17-6+;17-7+;17-6+/t18?,19-,20?,21?,22?,23?,24?,25+,26?,27?;16?,18-,19?,20?,21?,22?,23?,24+,26?,27?;18?,19-,20?,21?,22?,23?,24?,25+,26?,27?/m111/s1. The number of fused-ring (bicyclic) bond motifs is 15. The molecule has 0 aromatic heterocycles. The molecule has 12 rings (SSSR count). The van der Waals surface area contributed by atoms with Crippen molar-refractivity contribution in [2.75, 3.05) is 13.3 Å². The molecule has 0 heterocycles. The van der Waals surface area contributed by atoms with Gasteiger partial charge in [-0.15, -0.1) is 0 Å². The van der Waals surface area contributed by atoms with Crippen LogP contribution in [0.3, 0.4) is 0 Å². The number of rotatable bonds is 15. The minimum atomic E-state index is -0.809. The first-order valence-corrected chi connectivity index (χ1v) is 38.4. The van der Waals surface area contributed by atoms with E-state index in [-0.39, 0.29) is 78.0 Å². The topological polar surface area (TPSA) is 179 Å². The third kappa shape index (κ3) is 13.7. The van der Waals surface area contributed by atoms with Crippen molar-refractivity contribution in [1.29, 1.82) is 0 Å². The van der Waals surface area contributed by atoms with E-state index in [9.17, 15) is 44.9 Å². The van der Waals surface area contributed by atoms with Gasteiger partial charge in [0.1, 0.15) is 6.67 Å². The second kappa shape index (κ2) is 28.7. The number of hydrogen-bond acceptors (Lipinski definition) is 8. The summed E-state index contributed by atoms with van der Waals surface area (Å²) >= 11 is 0. The number of aliphatic hydroxyl groups is 7. The van der Waals surface area contributed by atoms with Gasteiger partial charge in [0.2, 0.25) is 0 Å². The van der Waals surface area contributed by atoms with Gasteiger partial charge in [0.25, 0.3) is 0 Å². The average Bonchev–Trinajstić information content (AvgIpc) is 1.72. The molecular weight excluding hydrogens is 1140 g/mol. The van der Waals surface area contributed by atoms with Crippen molar-refractivity contribution < 1.29 is 50.0 Å². The van der Waals surface area contributed by atoms with Crippen molar-refractivity contribution in [3.63, 3.8) is 0 Å². The lowest BCUT2D eigenvalue weighted by atomic mass is 9.43. The highest BCUT2D eigenvalue weighted by molar-refractivity contribution is 5.85. The monoisotopic (exact) mass is 1270 g/mol. The van der Waals surface area contributed by atoms with Gasteiger partial charge in [-0.05, 0) is 358 Å². The molecule has 12 aliphatic rings. The van der Waals surface area contributed by atoms with Crippen molar-refractivity contribution in [2.45, 2.75) is 312 Å². The SMILES string of the molecule is C/C(=C\CCC(C)C1CCC2C3C[C@H](O)C4C[C@H](O)CCC4(C)C3CCC12C)C(=O)O.C/C(=C\CCC(C)C1CCC2C3C[C@H](O)C4C[C@H](O)CCC4(C)C3CCC12C)CF.C/C(=C\CCC(C)C1CCC2C3C[C@H](O)C4C[C@H](O)CCC4(C)C3CCC12C)CO. The summed E-state index contributed by atoms with van der Waals surface area (Å²) in [5.41, 5.74) is 4.21. The largest absolute Gasteiger partial charge is 0.478 e. The van der Waals surface area contributed by atoms with Gasteiger partial charge in [-0.2, -0.15) is 0 Å². The van der Waals surface area contributed by atoms with Gasteiger partial charge in [0.05, 0.1) is 43.2 Å². The van der Waals surface area contributed by atoms with Crippen LogP contribution in [0.4, 0.5) is 4.39 Å². The second-order valence-corrected chi connectivity index (χ2v) is 36.6. The summed E-state index contributed by atoms with van der Waals surface area (Å²) < 4.78 is 12.8. The van der Waals surface area contributed by atoms with E-state index in [1.807, 2.05) is 19.9 Å². The lowest BCUT2D eigenvalue weighted by Gasteiger charge is -2.62. The van der Waals surface area contributed by atoms with Crippen LogP contribution in [0.25, 0.3) is 0 Å². The minimum absolute atomic E-state index is 0.180. The normalized spacial score (nSPS) is 49.4. The fourth-order valence-corrected chi connectivity index (χ4v) is 27.3. The zero-order chi connectivity index (χ0) is 65.9. The van der Waals surface area contributed by atoms with Crippen molar-refractivity contribution in [2.24, 2.45) is 139 Å². The number of carbonyl (C=O) groups is 1. The van der Waals surface area contributed by atoms with E-state index in [0.717, 1.165) is 155 Å². The van der Waals surface area contributed by atoms with Crippen LogP contribution in [0.2, 0.25) is 0 Å². The van der Waals surface area contributed by atoms with Crippen LogP contribution in [0.1, 0.15) is 276 Å². The van der Waals surface area contributed by atoms with Gasteiger partial charge in [-0.1, -0.05) is 86.1 Å². The van der Waals surface area contributed by atoms with Gasteiger partial charge in [0, 0.05) is 5.57 Å². The summed E-state index contributed by atoms with van der Waals surface area (Å²) in [7, 11) is 0. The number of carboxylic acid groups (broad SMARTS) is 1. The molecule has 30 atom stereocenters. The third-order valence-electron chi connectivity index (χ3n) is 32.3. The summed E-state index contributed by atoms with van der Waals surface area (Å²) in [5, 5.41) is 82.6. The van der Waals surface area contributed by atoms with Crippen LogP contribution < -0.4 is 0 Å². The quantitative estimate of drug-likeness (QED) is 0.0585. The third-order valence-corrected chi connectivity index (χ3v) is 32.3. The van der Waals surface area contributed by atoms with E-state index >= 15 is 0 Å². The smallest absolute Gasteiger partial charge is 0.330 e. The molecule has 12 aliphatic carbocycles. The molecule has 0 aromatic rings. The molecule has 0 bridgehead atoms. The molecule has 8 N–H and O–H groups in total. The van der Waals surface area contributed by atoms with Gasteiger partial charge in [-0.3, -0.25) is 0 Å². The van der Waals surface area contributed by atoms with Crippen molar-refractivity contribution in [3.8, 4) is 0 Å². The Labute approximate surface area is 552 Å². The number of aliphatic carboxylic acids is 1. The van der Waals surface area contributed by atoms with E-state index in [1.165, 1.54) is 89.9 Å². The molecule has 24 unspecified atom stereocenters. The maximum Gasteiger partial charge on any atom is 0.330 e. The Hall–Kier alpha value is -1.66. The summed E-state index contributed by atoms with van der Waals surface area (Å²) in [5.74, 6) is 10.6. The van der Waals surface area contributed by atoms with E-state index in [2.05, 4.69) is 74.5 Å². The molecule has 12 fully saturated rings. The Kier molecular flexibility index (Phi) is 22.7. The highest BCUT2D eigenvalue weighted by atomic mass is 19.1. The van der Waals surface area contributed by atoms with Gasteiger partial charge >= 0.3 is 5.97 Å². The van der Waals surface area contributed by atoms with E-state index in [1.54, 1.807) is 6.92 Å². The lowest BCUT2D eigenvalue weighted by molar-refractivity contribution is -0.172. The molecule has 520 valence electrons. The number of alkyl halides is 1. The molecular formula is C81H135FO9.